The second kappa shape index (κ2) is 6.46. The second-order valence-corrected chi connectivity index (χ2v) is 6.04. The van der Waals surface area contributed by atoms with Crippen molar-refractivity contribution in [2.24, 2.45) is 0 Å². The molecule has 0 bridgehead atoms. The van der Waals surface area contributed by atoms with E-state index in [1.165, 1.54) is 0 Å². The molecule has 1 fully saturated rings. The normalized spacial score (nSPS) is 15.7. The molecule has 2 aromatic rings. The summed E-state index contributed by atoms with van der Waals surface area (Å²) in [6, 6.07) is 13.3. The van der Waals surface area contributed by atoms with Gasteiger partial charge >= 0.3 is 6.09 Å². The lowest BCUT2D eigenvalue weighted by molar-refractivity contribution is -0.0783. The Bertz CT molecular complexity index is 642. The molecule has 0 saturated carbocycles. The molecule has 0 aliphatic carbocycles. The summed E-state index contributed by atoms with van der Waals surface area (Å²) in [4.78, 5) is 16.4. The smallest absolute Gasteiger partial charge is 0.408 e. The predicted octanol–water partition coefficient (Wildman–Crippen LogP) is 3.00. The highest BCUT2D eigenvalue weighted by molar-refractivity contribution is 9.10. The number of rotatable bonds is 4. The number of alkyl carbamates (subject to hydrolysis) is 1. The van der Waals surface area contributed by atoms with Crippen LogP contribution >= 0.6 is 15.9 Å². The Morgan fingerprint density at radius 1 is 1.27 bits per heavy atom. The van der Waals surface area contributed by atoms with E-state index in [1.54, 1.807) is 6.20 Å². The van der Waals surface area contributed by atoms with Crippen molar-refractivity contribution >= 4 is 22.0 Å². The molecule has 1 saturated heterocycles. The number of hydrogen-bond acceptors (Lipinski definition) is 4. The minimum atomic E-state index is -0.603. The molecule has 0 unspecified atom stereocenters. The van der Waals surface area contributed by atoms with E-state index in [-0.39, 0.29) is 6.61 Å². The number of nitrogens with one attached hydrogen (secondary N) is 1. The largest absolute Gasteiger partial charge is 0.445 e. The molecule has 2 heterocycles. The first-order valence-corrected chi connectivity index (χ1v) is 7.66. The number of halogens is 1. The van der Waals surface area contributed by atoms with Crippen LogP contribution in [0.1, 0.15) is 11.3 Å². The van der Waals surface area contributed by atoms with Gasteiger partial charge in [0.1, 0.15) is 12.1 Å². The van der Waals surface area contributed by atoms with Crippen LogP contribution in [0, 0.1) is 0 Å². The summed E-state index contributed by atoms with van der Waals surface area (Å²) < 4.78 is 11.4. The molecule has 0 spiro atoms. The van der Waals surface area contributed by atoms with Gasteiger partial charge in [-0.1, -0.05) is 30.3 Å². The lowest BCUT2D eigenvalue weighted by Gasteiger charge is -2.40. The zero-order valence-electron chi connectivity index (χ0n) is 11.8. The van der Waals surface area contributed by atoms with Gasteiger partial charge in [-0.05, 0) is 33.6 Å². The van der Waals surface area contributed by atoms with Crippen LogP contribution in [0.2, 0.25) is 0 Å². The van der Waals surface area contributed by atoms with E-state index in [2.05, 4.69) is 26.2 Å². The molecule has 0 atom stereocenters. The van der Waals surface area contributed by atoms with E-state index in [1.807, 2.05) is 42.5 Å². The van der Waals surface area contributed by atoms with Crippen LogP contribution in [0.15, 0.2) is 53.1 Å². The topological polar surface area (TPSA) is 60.5 Å². The lowest BCUT2D eigenvalue weighted by Crippen LogP contribution is -2.59. The van der Waals surface area contributed by atoms with Crippen molar-refractivity contribution in [3.05, 3.63) is 64.4 Å². The third-order valence-corrected chi connectivity index (χ3v) is 3.94. The number of benzene rings is 1. The number of carbonyl (C=O) groups excluding carboxylic acids is 1. The highest BCUT2D eigenvalue weighted by Crippen LogP contribution is 2.28. The summed E-state index contributed by atoms with van der Waals surface area (Å²) in [6.45, 7) is 1.02. The first-order chi connectivity index (χ1) is 10.7. The van der Waals surface area contributed by atoms with E-state index in [0.717, 1.165) is 15.7 Å². The molecule has 1 aliphatic rings. The van der Waals surface area contributed by atoms with E-state index in [0.29, 0.717) is 13.2 Å². The minimum absolute atomic E-state index is 0.234. The van der Waals surface area contributed by atoms with Crippen LogP contribution < -0.4 is 5.32 Å². The minimum Gasteiger partial charge on any atom is -0.445 e. The molecule has 6 heteroatoms. The zero-order chi connectivity index (χ0) is 15.4. The second-order valence-electron chi connectivity index (χ2n) is 5.12. The Hall–Kier alpha value is -1.92. The van der Waals surface area contributed by atoms with Crippen molar-refractivity contribution in [2.45, 2.75) is 12.1 Å². The zero-order valence-corrected chi connectivity index (χ0v) is 13.4. The predicted molar refractivity (Wildman–Crippen MR) is 84.2 cm³/mol. The molecule has 3 rings (SSSR count). The van der Waals surface area contributed by atoms with Crippen molar-refractivity contribution in [1.82, 2.24) is 10.3 Å². The molecule has 1 aromatic heterocycles. The van der Waals surface area contributed by atoms with Crippen molar-refractivity contribution < 1.29 is 14.3 Å². The van der Waals surface area contributed by atoms with Gasteiger partial charge in [0.25, 0.3) is 0 Å². The maximum absolute atomic E-state index is 12.0. The van der Waals surface area contributed by atoms with Gasteiger partial charge in [0.15, 0.2) is 0 Å². The van der Waals surface area contributed by atoms with Gasteiger partial charge in [0, 0.05) is 10.7 Å². The van der Waals surface area contributed by atoms with Crippen molar-refractivity contribution in [2.75, 3.05) is 13.2 Å². The fourth-order valence-corrected chi connectivity index (χ4v) is 2.44. The molecule has 5 nitrogen and oxygen atoms in total. The molecule has 114 valence electrons. The molecule has 22 heavy (non-hydrogen) atoms. The van der Waals surface area contributed by atoms with Gasteiger partial charge in [-0.15, -0.1) is 0 Å². The number of nitrogens with zero attached hydrogens (tertiary/aromatic N) is 1. The standard InChI is InChI=1S/C16H15BrN2O3/c17-13-6-7-14(18-8-13)16(10-21-11-16)19-15(20)22-9-12-4-2-1-3-5-12/h1-8H,9-11H2,(H,19,20). The molecule has 1 aromatic carbocycles. The average Bonchev–Trinajstić information content (AvgIpc) is 2.51. The Morgan fingerprint density at radius 3 is 2.64 bits per heavy atom. The van der Waals surface area contributed by atoms with E-state index in [9.17, 15) is 4.79 Å². The molecule has 1 aliphatic heterocycles. The highest BCUT2D eigenvalue weighted by atomic mass is 79.9. The van der Waals surface area contributed by atoms with Gasteiger partial charge in [0.2, 0.25) is 0 Å². The first kappa shape index (κ1) is 15.0. The van der Waals surface area contributed by atoms with Crippen molar-refractivity contribution in [3.8, 4) is 0 Å². The third kappa shape index (κ3) is 3.28. The molecule has 1 amide bonds. The fraction of sp³-hybridized carbons (Fsp3) is 0.250. The van der Waals surface area contributed by atoms with Crippen LogP contribution in [0.5, 0.6) is 0 Å². The average molecular weight is 363 g/mol. The number of pyridine rings is 1. The van der Waals surface area contributed by atoms with Gasteiger partial charge in [-0.2, -0.15) is 0 Å². The SMILES string of the molecule is O=C(NC1(c2ccc(Br)cn2)COC1)OCc1ccccc1. The van der Waals surface area contributed by atoms with E-state index < -0.39 is 11.6 Å². The van der Waals surface area contributed by atoms with E-state index in [4.69, 9.17) is 9.47 Å². The van der Waals surface area contributed by atoms with Gasteiger partial charge in [0.05, 0.1) is 18.9 Å². The Balaban J connectivity index is 1.62. The van der Waals surface area contributed by atoms with E-state index >= 15 is 0 Å². The number of ether oxygens (including phenoxy) is 2. The number of aromatic nitrogens is 1. The van der Waals surface area contributed by atoms with Crippen molar-refractivity contribution in [3.63, 3.8) is 0 Å². The summed E-state index contributed by atoms with van der Waals surface area (Å²) in [6.07, 6.45) is 1.23. The quantitative estimate of drug-likeness (QED) is 0.907. The monoisotopic (exact) mass is 362 g/mol. The summed E-state index contributed by atoms with van der Waals surface area (Å²) in [7, 11) is 0. The maximum atomic E-state index is 12.0. The lowest BCUT2D eigenvalue weighted by atomic mass is 9.92. The summed E-state index contributed by atoms with van der Waals surface area (Å²) in [5, 5.41) is 2.87. The van der Waals surface area contributed by atoms with Crippen LogP contribution in [0.25, 0.3) is 0 Å². The number of amides is 1. The first-order valence-electron chi connectivity index (χ1n) is 6.87. The van der Waals surface area contributed by atoms with Crippen LogP contribution in [-0.2, 0) is 21.6 Å². The third-order valence-electron chi connectivity index (χ3n) is 3.47. The Morgan fingerprint density at radius 2 is 2.05 bits per heavy atom. The van der Waals surface area contributed by atoms with Gasteiger partial charge in [-0.25, -0.2) is 4.79 Å². The van der Waals surface area contributed by atoms with Gasteiger partial charge in [-0.3, -0.25) is 4.98 Å². The summed E-state index contributed by atoms with van der Waals surface area (Å²) >= 11 is 3.35. The summed E-state index contributed by atoms with van der Waals surface area (Å²) in [5.41, 5.74) is 1.10. The Labute approximate surface area is 136 Å². The summed E-state index contributed by atoms with van der Waals surface area (Å²) in [5.74, 6) is 0. The number of hydrogen-bond donors (Lipinski definition) is 1. The van der Waals surface area contributed by atoms with Crippen molar-refractivity contribution in [1.29, 1.82) is 0 Å². The highest BCUT2D eigenvalue weighted by Gasteiger charge is 2.43. The van der Waals surface area contributed by atoms with Gasteiger partial charge < -0.3 is 14.8 Å². The molecule has 1 N–H and O–H groups in total. The molecule has 0 radical (unpaired) electrons. The fourth-order valence-electron chi connectivity index (χ4n) is 2.20. The molecular weight excluding hydrogens is 348 g/mol. The maximum Gasteiger partial charge on any atom is 0.408 e. The molecular formula is C16H15BrN2O3. The van der Waals surface area contributed by atoms with Crippen LogP contribution in [0.3, 0.4) is 0 Å². The Kier molecular flexibility index (Phi) is 4.40. The van der Waals surface area contributed by atoms with Crippen LogP contribution in [0.4, 0.5) is 4.79 Å². The van der Waals surface area contributed by atoms with Crippen LogP contribution in [-0.4, -0.2) is 24.3 Å². The number of carbonyl (C=O) groups is 1.